The van der Waals surface area contributed by atoms with Crippen LogP contribution in [0.15, 0.2) is 30.3 Å². The molecule has 1 spiro atoms. The topological polar surface area (TPSA) is 43.9 Å². The number of hydrazine groups is 1. The van der Waals surface area contributed by atoms with Crippen molar-refractivity contribution >= 4 is 11.8 Å². The molecular formula is C19H25N3O2. The van der Waals surface area contributed by atoms with Gasteiger partial charge in [0.05, 0.1) is 5.41 Å². The molecule has 5 nitrogen and oxygen atoms in total. The van der Waals surface area contributed by atoms with Gasteiger partial charge in [0.2, 0.25) is 5.91 Å². The van der Waals surface area contributed by atoms with Gasteiger partial charge in [0.25, 0.3) is 5.91 Å². The lowest BCUT2D eigenvalue weighted by molar-refractivity contribution is -0.159. The Morgan fingerprint density at radius 3 is 2.25 bits per heavy atom. The lowest BCUT2D eigenvalue weighted by atomic mass is 9.77. The molecule has 3 saturated heterocycles. The number of carbonyl (C=O) groups excluding carboxylic acids is 2. The molecule has 0 saturated carbocycles. The SMILES string of the molecule is O=C1CC2(CCN(Cc3ccccc3)CC2)C(=O)N1N1CCCC1. The number of benzene rings is 1. The summed E-state index contributed by atoms with van der Waals surface area (Å²) in [6.07, 6.45) is 4.16. The summed E-state index contributed by atoms with van der Waals surface area (Å²) in [6.45, 7) is 4.39. The van der Waals surface area contributed by atoms with Gasteiger partial charge in [-0.05, 0) is 44.3 Å². The summed E-state index contributed by atoms with van der Waals surface area (Å²) in [5, 5.41) is 3.45. The highest BCUT2D eigenvalue weighted by Crippen LogP contribution is 2.43. The Kier molecular flexibility index (Phi) is 4.14. The molecule has 3 aliphatic heterocycles. The van der Waals surface area contributed by atoms with Crippen LogP contribution in [0.3, 0.4) is 0 Å². The van der Waals surface area contributed by atoms with E-state index in [1.165, 1.54) is 10.6 Å². The van der Waals surface area contributed by atoms with E-state index in [-0.39, 0.29) is 11.8 Å². The second kappa shape index (κ2) is 6.30. The first kappa shape index (κ1) is 15.8. The molecule has 3 fully saturated rings. The summed E-state index contributed by atoms with van der Waals surface area (Å²) < 4.78 is 0. The summed E-state index contributed by atoms with van der Waals surface area (Å²) in [4.78, 5) is 27.9. The Morgan fingerprint density at radius 1 is 0.917 bits per heavy atom. The molecule has 0 unspecified atom stereocenters. The van der Waals surface area contributed by atoms with Gasteiger partial charge in [-0.3, -0.25) is 14.5 Å². The zero-order valence-electron chi connectivity index (χ0n) is 14.1. The van der Waals surface area contributed by atoms with Crippen molar-refractivity contribution in [1.82, 2.24) is 14.9 Å². The molecular weight excluding hydrogens is 302 g/mol. The van der Waals surface area contributed by atoms with Crippen LogP contribution in [0.25, 0.3) is 0 Å². The fourth-order valence-corrected chi connectivity index (χ4v) is 4.34. The fraction of sp³-hybridized carbons (Fsp3) is 0.579. The lowest BCUT2D eigenvalue weighted by Gasteiger charge is -2.38. The first-order valence-electron chi connectivity index (χ1n) is 9.07. The molecule has 0 bridgehead atoms. The van der Waals surface area contributed by atoms with Crippen molar-refractivity contribution in [3.8, 4) is 0 Å². The molecule has 0 radical (unpaired) electrons. The Morgan fingerprint density at radius 2 is 1.58 bits per heavy atom. The number of nitrogens with zero attached hydrogens (tertiary/aromatic N) is 3. The summed E-state index contributed by atoms with van der Waals surface area (Å²) in [5.41, 5.74) is 0.869. The van der Waals surface area contributed by atoms with Crippen LogP contribution in [0, 0.1) is 5.41 Å². The predicted molar refractivity (Wildman–Crippen MR) is 90.7 cm³/mol. The third-order valence-corrected chi connectivity index (χ3v) is 5.80. The summed E-state index contributed by atoms with van der Waals surface area (Å²) >= 11 is 0. The van der Waals surface area contributed by atoms with Gasteiger partial charge in [-0.2, -0.15) is 0 Å². The van der Waals surface area contributed by atoms with E-state index in [9.17, 15) is 9.59 Å². The van der Waals surface area contributed by atoms with Gasteiger partial charge in [0.15, 0.2) is 0 Å². The van der Waals surface area contributed by atoms with Gasteiger partial charge in [-0.1, -0.05) is 30.3 Å². The first-order valence-corrected chi connectivity index (χ1v) is 9.07. The van der Waals surface area contributed by atoms with E-state index in [1.54, 1.807) is 0 Å². The number of rotatable bonds is 3. The van der Waals surface area contributed by atoms with Crippen LogP contribution in [0.1, 0.15) is 37.7 Å². The fourth-order valence-electron chi connectivity index (χ4n) is 4.34. The van der Waals surface area contributed by atoms with Gasteiger partial charge in [0, 0.05) is 26.1 Å². The monoisotopic (exact) mass is 327 g/mol. The average molecular weight is 327 g/mol. The normalized spacial score (nSPS) is 25.1. The van der Waals surface area contributed by atoms with Crippen LogP contribution in [0.4, 0.5) is 0 Å². The number of hydrogen-bond donors (Lipinski definition) is 0. The molecule has 3 aliphatic rings. The van der Waals surface area contributed by atoms with Gasteiger partial charge in [0.1, 0.15) is 0 Å². The standard InChI is InChI=1S/C19H25N3O2/c23-17-14-19(18(24)22(17)21-10-4-5-11-21)8-12-20(13-9-19)15-16-6-2-1-3-7-16/h1-3,6-7H,4-5,8-15H2. The zero-order chi connectivity index (χ0) is 16.6. The second-order valence-electron chi connectivity index (χ2n) is 7.39. The second-order valence-corrected chi connectivity index (χ2v) is 7.39. The summed E-state index contributed by atoms with van der Waals surface area (Å²) in [6, 6.07) is 10.4. The summed E-state index contributed by atoms with van der Waals surface area (Å²) in [5.74, 6) is 0.0761. The highest BCUT2D eigenvalue weighted by molar-refractivity contribution is 6.05. The maximum absolute atomic E-state index is 13.0. The summed E-state index contributed by atoms with van der Waals surface area (Å²) in [7, 11) is 0. The number of amides is 2. The first-order chi connectivity index (χ1) is 11.7. The van der Waals surface area contributed by atoms with Crippen molar-refractivity contribution in [2.75, 3.05) is 26.2 Å². The molecule has 3 heterocycles. The average Bonchev–Trinajstić information content (AvgIpc) is 3.19. The Hall–Kier alpha value is -1.72. The van der Waals surface area contributed by atoms with Crippen LogP contribution in [-0.4, -0.2) is 52.9 Å². The molecule has 1 aromatic carbocycles. The molecule has 4 rings (SSSR count). The number of imide groups is 1. The van der Waals surface area contributed by atoms with Crippen LogP contribution in [0.2, 0.25) is 0 Å². The van der Waals surface area contributed by atoms with Gasteiger partial charge < -0.3 is 0 Å². The van der Waals surface area contributed by atoms with E-state index >= 15 is 0 Å². The lowest BCUT2D eigenvalue weighted by Crippen LogP contribution is -2.49. The molecule has 0 atom stereocenters. The van der Waals surface area contributed by atoms with Crippen molar-refractivity contribution in [2.45, 2.75) is 38.6 Å². The van der Waals surface area contributed by atoms with Crippen molar-refractivity contribution < 1.29 is 9.59 Å². The minimum absolute atomic E-state index is 0.0124. The molecule has 0 aliphatic carbocycles. The van der Waals surface area contributed by atoms with Crippen LogP contribution in [0.5, 0.6) is 0 Å². The molecule has 1 aromatic rings. The van der Waals surface area contributed by atoms with Gasteiger partial charge in [-0.15, -0.1) is 0 Å². The van der Waals surface area contributed by atoms with E-state index in [2.05, 4.69) is 29.2 Å². The van der Waals surface area contributed by atoms with E-state index in [0.717, 1.165) is 58.4 Å². The van der Waals surface area contributed by atoms with Crippen molar-refractivity contribution in [2.24, 2.45) is 5.41 Å². The van der Waals surface area contributed by atoms with Crippen LogP contribution >= 0.6 is 0 Å². The van der Waals surface area contributed by atoms with Crippen molar-refractivity contribution in [3.05, 3.63) is 35.9 Å². The van der Waals surface area contributed by atoms with E-state index in [4.69, 9.17) is 0 Å². The number of likely N-dealkylation sites (tertiary alicyclic amines) is 1. The van der Waals surface area contributed by atoms with Gasteiger partial charge in [-0.25, -0.2) is 10.0 Å². The molecule has 5 heteroatoms. The van der Waals surface area contributed by atoms with E-state index < -0.39 is 5.41 Å². The number of piperidine rings is 1. The maximum Gasteiger partial charge on any atom is 0.250 e. The highest BCUT2D eigenvalue weighted by atomic mass is 16.2. The minimum Gasteiger partial charge on any atom is -0.299 e. The van der Waals surface area contributed by atoms with Crippen molar-refractivity contribution in [3.63, 3.8) is 0 Å². The smallest absolute Gasteiger partial charge is 0.250 e. The van der Waals surface area contributed by atoms with E-state index in [0.29, 0.717) is 6.42 Å². The zero-order valence-corrected chi connectivity index (χ0v) is 14.1. The highest BCUT2D eigenvalue weighted by Gasteiger charge is 2.54. The number of carbonyl (C=O) groups is 2. The molecule has 128 valence electrons. The molecule has 0 aromatic heterocycles. The Balaban J connectivity index is 1.41. The quantitative estimate of drug-likeness (QED) is 0.797. The Bertz CT molecular complexity index is 617. The third-order valence-electron chi connectivity index (χ3n) is 5.80. The van der Waals surface area contributed by atoms with E-state index in [1.807, 2.05) is 11.1 Å². The molecule has 2 amide bonds. The van der Waals surface area contributed by atoms with Crippen LogP contribution in [-0.2, 0) is 16.1 Å². The van der Waals surface area contributed by atoms with Gasteiger partial charge >= 0.3 is 0 Å². The van der Waals surface area contributed by atoms with Crippen molar-refractivity contribution in [1.29, 1.82) is 0 Å². The number of hydrogen-bond acceptors (Lipinski definition) is 4. The van der Waals surface area contributed by atoms with Crippen LogP contribution < -0.4 is 0 Å². The predicted octanol–water partition coefficient (Wildman–Crippen LogP) is 2.04. The molecule has 0 N–H and O–H groups in total. The largest absolute Gasteiger partial charge is 0.299 e. The third kappa shape index (κ3) is 2.76. The molecule has 24 heavy (non-hydrogen) atoms. The Labute approximate surface area is 143 Å². The minimum atomic E-state index is -0.438. The maximum atomic E-state index is 13.0.